The van der Waals surface area contributed by atoms with Crippen LogP contribution in [0.4, 0.5) is 0 Å². The lowest BCUT2D eigenvalue weighted by Crippen LogP contribution is -2.43. The van der Waals surface area contributed by atoms with Crippen LogP contribution in [0, 0.1) is 12.8 Å². The first-order chi connectivity index (χ1) is 9.56. The van der Waals surface area contributed by atoms with E-state index in [1.54, 1.807) is 0 Å². The summed E-state index contributed by atoms with van der Waals surface area (Å²) in [6.07, 6.45) is 4.64. The van der Waals surface area contributed by atoms with E-state index in [1.807, 2.05) is 11.3 Å². The minimum atomic E-state index is 0.00278. The highest BCUT2D eigenvalue weighted by atomic mass is 32.1. The standard InChI is InChI=1S/C16H24N2OS/c1-10(2)9-13-16(19)18(12-5-4-6-12)15(17-13)14-8-7-11(3)20-14/h7-8,10,12-13,15,17H,4-6,9H2,1-3H3. The summed E-state index contributed by atoms with van der Waals surface area (Å²) in [6, 6.07) is 4.79. The predicted molar refractivity (Wildman–Crippen MR) is 82.7 cm³/mol. The molecular formula is C16H24N2OS. The SMILES string of the molecule is Cc1ccc(C2NC(CC(C)C)C(=O)N2C2CCC2)s1. The predicted octanol–water partition coefficient (Wildman–Crippen LogP) is 3.45. The van der Waals surface area contributed by atoms with Crippen molar-refractivity contribution < 1.29 is 4.79 Å². The van der Waals surface area contributed by atoms with Crippen molar-refractivity contribution in [2.75, 3.05) is 0 Å². The summed E-state index contributed by atoms with van der Waals surface area (Å²) < 4.78 is 0. The Morgan fingerprint density at radius 2 is 2.15 bits per heavy atom. The van der Waals surface area contributed by atoms with Gasteiger partial charge in [-0.15, -0.1) is 11.3 Å². The number of hydrogen-bond acceptors (Lipinski definition) is 3. The van der Waals surface area contributed by atoms with Crippen molar-refractivity contribution in [3.8, 4) is 0 Å². The van der Waals surface area contributed by atoms with Crippen molar-refractivity contribution in [1.82, 2.24) is 10.2 Å². The number of carbonyl (C=O) groups is 1. The summed E-state index contributed by atoms with van der Waals surface area (Å²) in [4.78, 5) is 17.5. The molecule has 0 bridgehead atoms. The summed E-state index contributed by atoms with van der Waals surface area (Å²) in [5.41, 5.74) is 0. The van der Waals surface area contributed by atoms with Crippen LogP contribution < -0.4 is 5.32 Å². The van der Waals surface area contributed by atoms with Gasteiger partial charge in [0.2, 0.25) is 5.91 Å². The molecule has 1 aromatic heterocycles. The Morgan fingerprint density at radius 1 is 1.40 bits per heavy atom. The van der Waals surface area contributed by atoms with Crippen molar-refractivity contribution in [2.45, 2.75) is 64.7 Å². The second-order valence-corrected chi connectivity index (χ2v) is 7.85. The van der Waals surface area contributed by atoms with E-state index in [9.17, 15) is 4.79 Å². The summed E-state index contributed by atoms with van der Waals surface area (Å²) in [5, 5.41) is 3.59. The molecule has 3 rings (SSSR count). The Morgan fingerprint density at radius 3 is 2.65 bits per heavy atom. The second kappa shape index (κ2) is 5.49. The fraction of sp³-hybridized carbons (Fsp3) is 0.688. The van der Waals surface area contributed by atoms with Crippen LogP contribution in [0.25, 0.3) is 0 Å². The first kappa shape index (κ1) is 14.1. The lowest BCUT2D eigenvalue weighted by Gasteiger charge is -2.38. The van der Waals surface area contributed by atoms with Gasteiger partial charge in [0.1, 0.15) is 6.17 Å². The first-order valence-corrected chi connectivity index (χ1v) is 8.52. The van der Waals surface area contributed by atoms with Crippen LogP contribution in [0.15, 0.2) is 12.1 Å². The molecular weight excluding hydrogens is 268 g/mol. The Kier molecular flexibility index (Phi) is 3.87. The fourth-order valence-corrected chi connectivity index (χ4v) is 4.10. The topological polar surface area (TPSA) is 32.3 Å². The molecule has 1 aliphatic heterocycles. The maximum absolute atomic E-state index is 12.7. The van der Waals surface area contributed by atoms with Crippen LogP contribution in [0.3, 0.4) is 0 Å². The molecule has 1 aliphatic carbocycles. The molecule has 0 radical (unpaired) electrons. The monoisotopic (exact) mass is 292 g/mol. The average Bonchev–Trinajstić information content (AvgIpc) is 2.85. The fourth-order valence-electron chi connectivity index (χ4n) is 3.16. The Hall–Kier alpha value is -0.870. The highest BCUT2D eigenvalue weighted by molar-refractivity contribution is 7.12. The zero-order valence-corrected chi connectivity index (χ0v) is 13.4. The third-order valence-corrected chi connectivity index (χ3v) is 5.45. The zero-order valence-electron chi connectivity index (χ0n) is 12.6. The average molecular weight is 292 g/mol. The van der Waals surface area contributed by atoms with Gasteiger partial charge in [0.25, 0.3) is 0 Å². The number of amides is 1. The van der Waals surface area contributed by atoms with E-state index in [4.69, 9.17) is 0 Å². The molecule has 0 aromatic carbocycles. The van der Waals surface area contributed by atoms with Gasteiger partial charge >= 0.3 is 0 Å². The third-order valence-electron chi connectivity index (χ3n) is 4.40. The highest BCUT2D eigenvalue weighted by Crippen LogP contribution is 2.38. The van der Waals surface area contributed by atoms with Gasteiger partial charge in [-0.05, 0) is 50.7 Å². The maximum Gasteiger partial charge on any atom is 0.241 e. The molecule has 20 heavy (non-hydrogen) atoms. The number of nitrogens with one attached hydrogen (secondary N) is 1. The zero-order chi connectivity index (χ0) is 14.3. The van der Waals surface area contributed by atoms with Crippen LogP contribution in [-0.2, 0) is 4.79 Å². The van der Waals surface area contributed by atoms with Crippen molar-refractivity contribution in [3.05, 3.63) is 21.9 Å². The molecule has 2 unspecified atom stereocenters. The highest BCUT2D eigenvalue weighted by Gasteiger charge is 2.45. The van der Waals surface area contributed by atoms with Crippen molar-refractivity contribution >= 4 is 17.2 Å². The number of thiophene rings is 1. The number of aryl methyl sites for hydroxylation is 1. The minimum absolute atomic E-state index is 0.00278. The number of nitrogens with zero attached hydrogens (tertiary/aromatic N) is 1. The quantitative estimate of drug-likeness (QED) is 0.922. The van der Waals surface area contributed by atoms with Gasteiger partial charge < -0.3 is 4.90 Å². The van der Waals surface area contributed by atoms with Crippen LogP contribution in [0.5, 0.6) is 0 Å². The summed E-state index contributed by atoms with van der Waals surface area (Å²) in [7, 11) is 0. The molecule has 2 atom stereocenters. The molecule has 4 heteroatoms. The van der Waals surface area contributed by atoms with Gasteiger partial charge in [-0.3, -0.25) is 10.1 Å². The van der Waals surface area contributed by atoms with E-state index in [0.717, 1.165) is 6.42 Å². The van der Waals surface area contributed by atoms with Crippen LogP contribution in [0.1, 0.15) is 55.5 Å². The first-order valence-electron chi connectivity index (χ1n) is 7.71. The second-order valence-electron chi connectivity index (χ2n) is 6.53. The molecule has 0 spiro atoms. The number of rotatable bonds is 4. The minimum Gasteiger partial charge on any atom is -0.318 e. The molecule has 2 fully saturated rings. The summed E-state index contributed by atoms with van der Waals surface area (Å²) in [5.74, 6) is 0.864. The largest absolute Gasteiger partial charge is 0.318 e. The molecule has 3 nitrogen and oxygen atoms in total. The summed E-state index contributed by atoms with van der Waals surface area (Å²) >= 11 is 1.81. The van der Waals surface area contributed by atoms with E-state index in [0.29, 0.717) is 17.9 Å². The van der Waals surface area contributed by atoms with E-state index in [2.05, 4.69) is 43.1 Å². The van der Waals surface area contributed by atoms with Gasteiger partial charge in [0.05, 0.1) is 6.04 Å². The Balaban J connectivity index is 1.84. The van der Waals surface area contributed by atoms with Gasteiger partial charge in [-0.2, -0.15) is 0 Å². The Labute approximate surface area is 125 Å². The molecule has 2 aliphatic rings. The van der Waals surface area contributed by atoms with Crippen LogP contribution >= 0.6 is 11.3 Å². The lowest BCUT2D eigenvalue weighted by molar-refractivity contribution is -0.134. The van der Waals surface area contributed by atoms with Crippen LogP contribution in [0.2, 0.25) is 0 Å². The number of hydrogen-bond donors (Lipinski definition) is 1. The van der Waals surface area contributed by atoms with Crippen molar-refractivity contribution in [2.24, 2.45) is 5.92 Å². The molecule has 110 valence electrons. The molecule has 2 heterocycles. The van der Waals surface area contributed by atoms with Gasteiger partial charge in [0, 0.05) is 15.8 Å². The molecule has 1 N–H and O–H groups in total. The van der Waals surface area contributed by atoms with Crippen molar-refractivity contribution in [1.29, 1.82) is 0 Å². The molecule has 1 amide bonds. The van der Waals surface area contributed by atoms with E-state index in [-0.39, 0.29) is 12.2 Å². The van der Waals surface area contributed by atoms with E-state index >= 15 is 0 Å². The van der Waals surface area contributed by atoms with Gasteiger partial charge in [-0.1, -0.05) is 13.8 Å². The third kappa shape index (κ3) is 2.51. The smallest absolute Gasteiger partial charge is 0.241 e. The van der Waals surface area contributed by atoms with Gasteiger partial charge in [-0.25, -0.2) is 0 Å². The van der Waals surface area contributed by atoms with Crippen LogP contribution in [-0.4, -0.2) is 22.9 Å². The maximum atomic E-state index is 12.7. The molecule has 1 saturated carbocycles. The lowest BCUT2D eigenvalue weighted by atomic mass is 9.91. The van der Waals surface area contributed by atoms with E-state index < -0.39 is 0 Å². The summed E-state index contributed by atoms with van der Waals surface area (Å²) in [6.45, 7) is 6.50. The Bertz CT molecular complexity index is 492. The molecule has 1 aromatic rings. The number of carbonyl (C=O) groups excluding carboxylic acids is 1. The van der Waals surface area contributed by atoms with Gasteiger partial charge in [0.15, 0.2) is 0 Å². The van der Waals surface area contributed by atoms with E-state index in [1.165, 1.54) is 29.0 Å². The normalized spacial score (nSPS) is 27.4. The van der Waals surface area contributed by atoms with Crippen molar-refractivity contribution in [3.63, 3.8) is 0 Å². The molecule has 1 saturated heterocycles.